The van der Waals surface area contributed by atoms with E-state index in [4.69, 9.17) is 17.3 Å². The lowest BCUT2D eigenvalue weighted by Gasteiger charge is -2.07. The first-order chi connectivity index (χ1) is 8.25. The molecule has 0 amide bonds. The van der Waals surface area contributed by atoms with Gasteiger partial charge in [-0.15, -0.1) is 0 Å². The van der Waals surface area contributed by atoms with Crippen LogP contribution < -0.4 is 11.1 Å². The Morgan fingerprint density at radius 3 is 2.82 bits per heavy atom. The lowest BCUT2D eigenvalue weighted by molar-refractivity contribution is 0.898. The zero-order valence-corrected chi connectivity index (χ0v) is 9.98. The second kappa shape index (κ2) is 5.50. The molecule has 0 radical (unpaired) electrons. The van der Waals surface area contributed by atoms with Crippen LogP contribution in [0.1, 0.15) is 5.82 Å². The zero-order chi connectivity index (χ0) is 12.1. The lowest BCUT2D eigenvalue weighted by Crippen LogP contribution is -2.08. The van der Waals surface area contributed by atoms with E-state index < -0.39 is 0 Å². The molecule has 0 aliphatic heterocycles. The molecule has 0 aliphatic rings. The largest absolute Gasteiger partial charge is 0.384 e. The summed E-state index contributed by atoms with van der Waals surface area (Å²) in [6, 6.07) is 9.29. The normalized spacial score (nSPS) is 10.2. The second-order valence-corrected chi connectivity index (χ2v) is 3.96. The third kappa shape index (κ3) is 3.32. The highest BCUT2D eigenvalue weighted by molar-refractivity contribution is 6.33. The molecule has 5 heteroatoms. The van der Waals surface area contributed by atoms with Gasteiger partial charge in [-0.2, -0.15) is 0 Å². The number of halogens is 1. The molecule has 0 unspecified atom stereocenters. The quantitative estimate of drug-likeness (QED) is 0.872. The molecule has 88 valence electrons. The van der Waals surface area contributed by atoms with Gasteiger partial charge < -0.3 is 11.1 Å². The minimum Gasteiger partial charge on any atom is -0.384 e. The van der Waals surface area contributed by atoms with Crippen LogP contribution in [0.4, 0.5) is 11.5 Å². The number of hydrogen-bond acceptors (Lipinski definition) is 4. The summed E-state index contributed by atoms with van der Waals surface area (Å²) in [5.74, 6) is 1.22. The summed E-state index contributed by atoms with van der Waals surface area (Å²) in [4.78, 5) is 8.25. The van der Waals surface area contributed by atoms with Crippen LogP contribution >= 0.6 is 11.6 Å². The molecule has 3 N–H and O–H groups in total. The van der Waals surface area contributed by atoms with E-state index in [1.54, 1.807) is 12.3 Å². The third-order valence-corrected chi connectivity index (χ3v) is 2.59. The average molecular weight is 249 g/mol. The molecule has 0 spiro atoms. The van der Waals surface area contributed by atoms with Crippen LogP contribution in [-0.4, -0.2) is 16.5 Å². The van der Waals surface area contributed by atoms with Gasteiger partial charge in [0.15, 0.2) is 0 Å². The molecule has 0 atom stereocenters. The molecule has 4 nitrogen and oxygen atoms in total. The van der Waals surface area contributed by atoms with Gasteiger partial charge >= 0.3 is 0 Å². The first-order valence-corrected chi connectivity index (χ1v) is 5.69. The van der Waals surface area contributed by atoms with Crippen molar-refractivity contribution >= 4 is 23.1 Å². The van der Waals surface area contributed by atoms with Gasteiger partial charge in [0.2, 0.25) is 0 Å². The smallest absolute Gasteiger partial charge is 0.132 e. The molecule has 1 aromatic heterocycles. The van der Waals surface area contributed by atoms with Crippen molar-refractivity contribution in [1.29, 1.82) is 0 Å². The second-order valence-electron chi connectivity index (χ2n) is 3.55. The molecule has 0 fully saturated rings. The van der Waals surface area contributed by atoms with E-state index in [-0.39, 0.29) is 0 Å². The van der Waals surface area contributed by atoms with Gasteiger partial charge in [0.25, 0.3) is 0 Å². The molecule has 2 rings (SSSR count). The molecule has 1 heterocycles. The van der Waals surface area contributed by atoms with E-state index in [1.807, 2.05) is 24.3 Å². The average Bonchev–Trinajstić information content (AvgIpc) is 2.32. The summed E-state index contributed by atoms with van der Waals surface area (Å²) in [6.45, 7) is 0.715. The Morgan fingerprint density at radius 2 is 2.06 bits per heavy atom. The van der Waals surface area contributed by atoms with Crippen LogP contribution in [0.5, 0.6) is 0 Å². The topological polar surface area (TPSA) is 63.8 Å². The number of nitrogen functional groups attached to an aromatic ring is 1. The SMILES string of the molecule is Nc1ccnc(CCNc2ccccc2Cl)n1. The van der Waals surface area contributed by atoms with E-state index in [0.717, 1.165) is 11.5 Å². The maximum Gasteiger partial charge on any atom is 0.132 e. The molecule has 0 bridgehead atoms. The fourth-order valence-corrected chi connectivity index (χ4v) is 1.65. The Bertz CT molecular complexity index is 501. The molecular formula is C12H13ClN4. The maximum absolute atomic E-state index is 6.02. The van der Waals surface area contributed by atoms with E-state index in [9.17, 15) is 0 Å². The highest BCUT2D eigenvalue weighted by Gasteiger charge is 1.99. The van der Waals surface area contributed by atoms with E-state index in [1.165, 1.54) is 0 Å². The van der Waals surface area contributed by atoms with Crippen molar-refractivity contribution in [3.05, 3.63) is 47.4 Å². The van der Waals surface area contributed by atoms with Crippen molar-refractivity contribution in [3.63, 3.8) is 0 Å². The Kier molecular flexibility index (Phi) is 3.77. The first kappa shape index (κ1) is 11.7. The predicted molar refractivity (Wildman–Crippen MR) is 70.1 cm³/mol. The van der Waals surface area contributed by atoms with E-state index in [2.05, 4.69) is 15.3 Å². The summed E-state index contributed by atoms with van der Waals surface area (Å²) in [5, 5.41) is 3.94. The summed E-state index contributed by atoms with van der Waals surface area (Å²) in [5.41, 5.74) is 6.49. The van der Waals surface area contributed by atoms with Crippen LogP contribution in [0.15, 0.2) is 36.5 Å². The number of benzene rings is 1. The minimum atomic E-state index is 0.493. The minimum absolute atomic E-state index is 0.493. The molecule has 2 aromatic rings. The van der Waals surface area contributed by atoms with Crippen molar-refractivity contribution in [2.24, 2.45) is 0 Å². The number of nitrogens with one attached hydrogen (secondary N) is 1. The molecule has 0 saturated heterocycles. The number of nitrogens with zero attached hydrogens (tertiary/aromatic N) is 2. The maximum atomic E-state index is 6.02. The highest BCUT2D eigenvalue weighted by atomic mass is 35.5. The van der Waals surface area contributed by atoms with Gasteiger partial charge in [-0.3, -0.25) is 0 Å². The van der Waals surface area contributed by atoms with Gasteiger partial charge in [0.1, 0.15) is 11.6 Å². The van der Waals surface area contributed by atoms with Gasteiger partial charge in [-0.05, 0) is 18.2 Å². The van der Waals surface area contributed by atoms with Crippen LogP contribution in [0.3, 0.4) is 0 Å². The lowest BCUT2D eigenvalue weighted by atomic mass is 10.3. The Morgan fingerprint density at radius 1 is 1.24 bits per heavy atom. The van der Waals surface area contributed by atoms with Crippen molar-refractivity contribution in [1.82, 2.24) is 9.97 Å². The van der Waals surface area contributed by atoms with E-state index in [0.29, 0.717) is 23.8 Å². The fraction of sp³-hybridized carbons (Fsp3) is 0.167. The van der Waals surface area contributed by atoms with Gasteiger partial charge in [0, 0.05) is 19.2 Å². The van der Waals surface area contributed by atoms with Crippen molar-refractivity contribution in [2.75, 3.05) is 17.6 Å². The molecule has 0 saturated carbocycles. The zero-order valence-electron chi connectivity index (χ0n) is 9.23. The number of para-hydroxylation sites is 1. The number of aromatic nitrogens is 2. The predicted octanol–water partition coefficient (Wildman–Crippen LogP) is 2.37. The van der Waals surface area contributed by atoms with Gasteiger partial charge in [-0.1, -0.05) is 23.7 Å². The summed E-state index contributed by atoms with van der Waals surface area (Å²) < 4.78 is 0. The van der Waals surface area contributed by atoms with Crippen molar-refractivity contribution in [2.45, 2.75) is 6.42 Å². The molecule has 17 heavy (non-hydrogen) atoms. The summed E-state index contributed by atoms with van der Waals surface area (Å²) >= 11 is 6.02. The number of rotatable bonds is 4. The summed E-state index contributed by atoms with van der Waals surface area (Å²) in [7, 11) is 0. The monoisotopic (exact) mass is 248 g/mol. The Hall–Kier alpha value is -1.81. The first-order valence-electron chi connectivity index (χ1n) is 5.31. The number of anilines is 2. The number of hydrogen-bond donors (Lipinski definition) is 2. The van der Waals surface area contributed by atoms with Gasteiger partial charge in [0.05, 0.1) is 10.7 Å². The van der Waals surface area contributed by atoms with Crippen LogP contribution in [0.2, 0.25) is 5.02 Å². The van der Waals surface area contributed by atoms with Crippen LogP contribution in [0.25, 0.3) is 0 Å². The molecule has 0 aliphatic carbocycles. The summed E-state index contributed by atoms with van der Waals surface area (Å²) in [6.07, 6.45) is 2.36. The van der Waals surface area contributed by atoms with Crippen molar-refractivity contribution in [3.8, 4) is 0 Å². The Labute approximate surface area is 105 Å². The Balaban J connectivity index is 1.90. The van der Waals surface area contributed by atoms with Crippen LogP contribution in [0, 0.1) is 0 Å². The fourth-order valence-electron chi connectivity index (χ4n) is 1.45. The highest BCUT2D eigenvalue weighted by Crippen LogP contribution is 2.20. The van der Waals surface area contributed by atoms with Crippen LogP contribution in [-0.2, 0) is 6.42 Å². The molecule has 1 aromatic carbocycles. The standard InChI is InChI=1S/C12H13ClN4/c13-9-3-1-2-4-10(9)15-8-6-12-16-7-5-11(14)17-12/h1-5,7,15H,6,8H2,(H2,14,16,17). The number of nitrogens with two attached hydrogens (primary N) is 1. The molecular weight excluding hydrogens is 236 g/mol. The van der Waals surface area contributed by atoms with Gasteiger partial charge in [-0.25, -0.2) is 9.97 Å². The van der Waals surface area contributed by atoms with Crippen molar-refractivity contribution < 1.29 is 0 Å². The van der Waals surface area contributed by atoms with E-state index >= 15 is 0 Å². The third-order valence-electron chi connectivity index (χ3n) is 2.26.